The molecule has 26 heavy (non-hydrogen) atoms. The van der Waals surface area contributed by atoms with Crippen LogP contribution in [0.15, 0.2) is 28.8 Å². The van der Waals surface area contributed by atoms with Crippen molar-refractivity contribution in [3.63, 3.8) is 0 Å². The molecule has 0 saturated carbocycles. The van der Waals surface area contributed by atoms with Gasteiger partial charge in [0.15, 0.2) is 5.82 Å². The minimum absolute atomic E-state index is 0. The van der Waals surface area contributed by atoms with Gasteiger partial charge in [0, 0.05) is 36.7 Å². The van der Waals surface area contributed by atoms with Gasteiger partial charge >= 0.3 is 0 Å². The van der Waals surface area contributed by atoms with Gasteiger partial charge in [-0.1, -0.05) is 25.1 Å². The molecule has 1 amide bonds. The van der Waals surface area contributed by atoms with Crippen molar-refractivity contribution in [2.45, 2.75) is 46.1 Å². The smallest absolute Gasteiger partial charge is 0.257 e. The van der Waals surface area contributed by atoms with Crippen LogP contribution in [0.1, 0.15) is 49.8 Å². The van der Waals surface area contributed by atoms with Crippen molar-refractivity contribution in [1.29, 1.82) is 0 Å². The number of hydrogen-bond donors (Lipinski definition) is 1. The maximum absolute atomic E-state index is 12.7. The van der Waals surface area contributed by atoms with Crippen LogP contribution in [-0.4, -0.2) is 47.1 Å². The molecule has 6 nitrogen and oxygen atoms in total. The van der Waals surface area contributed by atoms with Crippen molar-refractivity contribution in [3.05, 3.63) is 35.7 Å². The van der Waals surface area contributed by atoms with Crippen LogP contribution in [0.2, 0.25) is 0 Å². The highest BCUT2D eigenvalue weighted by Crippen LogP contribution is 2.20. The zero-order chi connectivity index (χ0) is 18.2. The summed E-state index contributed by atoms with van der Waals surface area (Å²) in [6.07, 6.45) is 2.59. The molecule has 1 unspecified atom stereocenters. The van der Waals surface area contributed by atoms with Gasteiger partial charge in [0.05, 0.1) is 0 Å². The van der Waals surface area contributed by atoms with E-state index in [1.165, 1.54) is 0 Å². The summed E-state index contributed by atoms with van der Waals surface area (Å²) in [5.41, 5.74) is 1.43. The third kappa shape index (κ3) is 5.81. The number of benzene rings is 1. The lowest BCUT2D eigenvalue weighted by Gasteiger charge is -2.21. The normalized spacial score (nSPS) is 11.7. The van der Waals surface area contributed by atoms with E-state index in [0.717, 1.165) is 31.5 Å². The SMILES string of the molecule is CCCN(CCC)C(=O)c1cccc(-c2nc(CC(C)NC)no2)c1.Cl. The summed E-state index contributed by atoms with van der Waals surface area (Å²) in [5, 5.41) is 7.18. The molecule has 1 atom stereocenters. The number of halogens is 1. The predicted molar refractivity (Wildman–Crippen MR) is 106 cm³/mol. The third-order valence-electron chi connectivity index (χ3n) is 4.08. The minimum Gasteiger partial charge on any atom is -0.339 e. The molecule has 0 bridgehead atoms. The number of nitrogens with one attached hydrogen (secondary N) is 1. The third-order valence-corrected chi connectivity index (χ3v) is 4.08. The number of nitrogens with zero attached hydrogens (tertiary/aromatic N) is 3. The van der Waals surface area contributed by atoms with E-state index in [1.54, 1.807) is 0 Å². The predicted octanol–water partition coefficient (Wildman–Crippen LogP) is 3.57. The molecule has 0 spiro atoms. The number of amides is 1. The average Bonchev–Trinajstić information content (AvgIpc) is 3.09. The number of hydrogen-bond acceptors (Lipinski definition) is 5. The van der Waals surface area contributed by atoms with Crippen LogP contribution in [-0.2, 0) is 6.42 Å². The van der Waals surface area contributed by atoms with Crippen LogP contribution in [0.25, 0.3) is 11.5 Å². The van der Waals surface area contributed by atoms with Gasteiger partial charge in [0.25, 0.3) is 11.8 Å². The largest absolute Gasteiger partial charge is 0.339 e. The van der Waals surface area contributed by atoms with Gasteiger partial charge in [0.1, 0.15) is 0 Å². The Kier molecular flexibility index (Phi) is 9.30. The van der Waals surface area contributed by atoms with Gasteiger partial charge in [-0.3, -0.25) is 4.79 Å². The molecule has 0 aliphatic carbocycles. The summed E-state index contributed by atoms with van der Waals surface area (Å²) >= 11 is 0. The van der Waals surface area contributed by atoms with E-state index < -0.39 is 0 Å². The van der Waals surface area contributed by atoms with E-state index in [9.17, 15) is 4.79 Å². The first-order chi connectivity index (χ1) is 12.1. The summed E-state index contributed by atoms with van der Waals surface area (Å²) in [6.45, 7) is 7.76. The fourth-order valence-electron chi connectivity index (χ4n) is 2.65. The fraction of sp³-hybridized carbons (Fsp3) is 0.526. The van der Waals surface area contributed by atoms with Gasteiger partial charge in [-0.25, -0.2) is 0 Å². The molecule has 1 heterocycles. The average molecular weight is 381 g/mol. The Morgan fingerprint density at radius 2 is 1.96 bits per heavy atom. The van der Waals surface area contributed by atoms with Gasteiger partial charge in [-0.05, 0) is 45.0 Å². The molecule has 0 saturated heterocycles. The minimum atomic E-state index is 0. The molecule has 144 valence electrons. The molecule has 1 aromatic heterocycles. The highest BCUT2D eigenvalue weighted by molar-refractivity contribution is 5.95. The standard InChI is InChI=1S/C19H28N4O2.ClH/c1-5-10-23(11-6-2)19(24)16-9-7-8-15(13-16)18-21-17(22-25-18)12-14(3)20-4;/h7-9,13-14,20H,5-6,10-12H2,1-4H3;1H. The Labute approximate surface area is 161 Å². The number of aromatic nitrogens is 2. The zero-order valence-electron chi connectivity index (χ0n) is 16.0. The van der Waals surface area contributed by atoms with Crippen LogP contribution >= 0.6 is 12.4 Å². The summed E-state index contributed by atoms with van der Waals surface area (Å²) in [7, 11) is 1.90. The lowest BCUT2D eigenvalue weighted by Crippen LogP contribution is -2.32. The van der Waals surface area contributed by atoms with E-state index in [4.69, 9.17) is 4.52 Å². The van der Waals surface area contributed by atoms with Gasteiger partial charge in [-0.2, -0.15) is 4.98 Å². The summed E-state index contributed by atoms with van der Waals surface area (Å²) < 4.78 is 5.37. The Morgan fingerprint density at radius 3 is 2.58 bits per heavy atom. The second kappa shape index (κ2) is 10.9. The van der Waals surface area contributed by atoms with Crippen LogP contribution in [0.4, 0.5) is 0 Å². The molecular weight excluding hydrogens is 352 g/mol. The van der Waals surface area contributed by atoms with Crippen LogP contribution in [0.5, 0.6) is 0 Å². The maximum Gasteiger partial charge on any atom is 0.257 e. The molecule has 0 aliphatic rings. The van der Waals surface area contributed by atoms with E-state index >= 15 is 0 Å². The van der Waals surface area contributed by atoms with Crippen molar-refractivity contribution >= 4 is 18.3 Å². The van der Waals surface area contributed by atoms with E-state index in [0.29, 0.717) is 23.7 Å². The Bertz CT molecular complexity index is 684. The topological polar surface area (TPSA) is 71.3 Å². The van der Waals surface area contributed by atoms with Gasteiger partial charge in [0.2, 0.25) is 0 Å². The molecule has 1 N–H and O–H groups in total. The Hall–Kier alpha value is -1.92. The lowest BCUT2D eigenvalue weighted by atomic mass is 10.1. The van der Waals surface area contributed by atoms with Crippen LogP contribution in [0.3, 0.4) is 0 Å². The number of rotatable bonds is 9. The first-order valence-electron chi connectivity index (χ1n) is 8.98. The molecule has 0 aliphatic heterocycles. The molecule has 0 fully saturated rings. The fourth-order valence-corrected chi connectivity index (χ4v) is 2.65. The quantitative estimate of drug-likeness (QED) is 0.720. The molecular formula is C19H29ClN4O2. The van der Waals surface area contributed by atoms with Crippen molar-refractivity contribution in [2.24, 2.45) is 0 Å². The highest BCUT2D eigenvalue weighted by atomic mass is 35.5. The summed E-state index contributed by atoms with van der Waals surface area (Å²) in [4.78, 5) is 19.1. The van der Waals surface area contributed by atoms with Crippen molar-refractivity contribution < 1.29 is 9.32 Å². The van der Waals surface area contributed by atoms with Gasteiger partial charge < -0.3 is 14.7 Å². The van der Waals surface area contributed by atoms with Crippen LogP contribution in [0, 0.1) is 0 Å². The second-order valence-corrected chi connectivity index (χ2v) is 6.28. The molecule has 2 aromatic rings. The number of likely N-dealkylation sites (N-methyl/N-ethyl adjacent to an activating group) is 1. The molecule has 7 heteroatoms. The van der Waals surface area contributed by atoms with E-state index in [-0.39, 0.29) is 24.4 Å². The Balaban J connectivity index is 0.00000338. The molecule has 2 rings (SSSR count). The summed E-state index contributed by atoms with van der Waals surface area (Å²) in [5.74, 6) is 1.16. The van der Waals surface area contributed by atoms with E-state index in [1.807, 2.05) is 36.2 Å². The monoisotopic (exact) mass is 380 g/mol. The zero-order valence-corrected chi connectivity index (χ0v) is 16.8. The van der Waals surface area contributed by atoms with E-state index in [2.05, 4.69) is 36.2 Å². The first-order valence-corrected chi connectivity index (χ1v) is 8.98. The Morgan fingerprint density at radius 1 is 1.27 bits per heavy atom. The lowest BCUT2D eigenvalue weighted by molar-refractivity contribution is 0.0755. The highest BCUT2D eigenvalue weighted by Gasteiger charge is 2.17. The van der Waals surface area contributed by atoms with Crippen molar-refractivity contribution in [1.82, 2.24) is 20.4 Å². The van der Waals surface area contributed by atoms with Crippen molar-refractivity contribution in [2.75, 3.05) is 20.1 Å². The van der Waals surface area contributed by atoms with Gasteiger partial charge in [-0.15, -0.1) is 12.4 Å². The molecule has 0 radical (unpaired) electrons. The number of carbonyl (C=O) groups is 1. The van der Waals surface area contributed by atoms with Crippen LogP contribution < -0.4 is 5.32 Å². The van der Waals surface area contributed by atoms with Crippen molar-refractivity contribution in [3.8, 4) is 11.5 Å². The first kappa shape index (κ1) is 22.1. The number of carbonyl (C=O) groups excluding carboxylic acids is 1. The molecule has 1 aromatic carbocycles. The maximum atomic E-state index is 12.7. The second-order valence-electron chi connectivity index (χ2n) is 6.28. The summed E-state index contributed by atoms with van der Waals surface area (Å²) in [6, 6.07) is 7.69.